The molecular formula is C23H27FN3O9P. The van der Waals surface area contributed by atoms with E-state index in [4.69, 9.17) is 18.7 Å². The fourth-order valence-electron chi connectivity index (χ4n) is 3.83. The molecule has 6 atom stereocenters. The lowest BCUT2D eigenvalue weighted by Crippen LogP contribution is -2.43. The van der Waals surface area contributed by atoms with Crippen LogP contribution in [-0.2, 0) is 14.3 Å². The first-order valence-electron chi connectivity index (χ1n) is 11.7. The third-order valence-corrected chi connectivity index (χ3v) is 7.08. The summed E-state index contributed by atoms with van der Waals surface area (Å²) in [5.74, 6) is -0.443. The van der Waals surface area contributed by atoms with Crippen molar-refractivity contribution in [2.75, 3.05) is 6.61 Å². The highest BCUT2D eigenvalue weighted by Crippen LogP contribution is 2.41. The van der Waals surface area contributed by atoms with Crippen LogP contribution >= 0.6 is 8.17 Å². The smallest absolute Gasteiger partial charge is 0.395 e. The van der Waals surface area contributed by atoms with Gasteiger partial charge in [0.25, 0.3) is 5.56 Å². The van der Waals surface area contributed by atoms with Crippen LogP contribution in [0.25, 0.3) is 0 Å². The molecule has 37 heavy (non-hydrogen) atoms. The molecule has 1 saturated heterocycles. The van der Waals surface area contributed by atoms with Gasteiger partial charge >= 0.3 is 19.8 Å². The number of aliphatic hydroxyl groups is 1. The number of carbonyl (C=O) groups excluding carboxylic acids is 1. The summed E-state index contributed by atoms with van der Waals surface area (Å²) in [6.45, 7) is 2.17. The fourth-order valence-corrected chi connectivity index (χ4v) is 4.57. The van der Waals surface area contributed by atoms with Crippen molar-refractivity contribution in [1.29, 1.82) is 0 Å². The fraction of sp³-hybridized carbons (Fsp3) is 0.522. The van der Waals surface area contributed by atoms with Gasteiger partial charge < -0.3 is 24.2 Å². The maximum absolute atomic E-state index is 15.4. The first-order chi connectivity index (χ1) is 17.6. The molecule has 0 radical (unpaired) electrons. The van der Waals surface area contributed by atoms with Crippen molar-refractivity contribution in [3.8, 4) is 11.5 Å². The Morgan fingerprint density at radius 2 is 2.05 bits per heavy atom. The molecule has 1 unspecified atom stereocenters. The first-order valence-corrected chi connectivity index (χ1v) is 12.8. The number of hydrogen-bond acceptors (Lipinski definition) is 10. The number of aromatic nitrogens is 2. The molecule has 2 aliphatic rings. The van der Waals surface area contributed by atoms with E-state index in [9.17, 15) is 24.4 Å². The maximum atomic E-state index is 15.4. The topological polar surface area (TPSA) is 164 Å². The Bertz CT molecular complexity index is 1280. The zero-order chi connectivity index (χ0) is 26.7. The van der Waals surface area contributed by atoms with Crippen molar-refractivity contribution in [1.82, 2.24) is 9.55 Å². The second kappa shape index (κ2) is 11.1. The van der Waals surface area contributed by atoms with Crippen LogP contribution in [-0.4, -0.2) is 57.3 Å². The number of carbonyl (C=O) groups is 1. The standard InChI is InChI=1S/C23H27FN3O9P/c1-13(20(30)34-14-6-5-7-14)26-37(32)36-16-9-4-3-8-15(16)33-12-17-19(29)23(2,24)21(35-17)27-11-10-18(28)25-22(27)31/h3-4,8-11,13-14,17,19,21,29H,5-7,12H2,1-2H3,(H,25,28,31)/t13-,17+,19+,21+,23+/m0/s1. The summed E-state index contributed by atoms with van der Waals surface area (Å²) in [6, 6.07) is 6.20. The zero-order valence-corrected chi connectivity index (χ0v) is 21.0. The molecule has 12 nitrogen and oxygen atoms in total. The second-order valence-electron chi connectivity index (χ2n) is 9.01. The Morgan fingerprint density at radius 1 is 1.35 bits per heavy atom. The molecule has 1 aliphatic heterocycles. The number of halogens is 1. The minimum Gasteiger partial charge on any atom is -0.575 e. The molecule has 2 N–H and O–H groups in total. The summed E-state index contributed by atoms with van der Waals surface area (Å²) in [5, 5.41) is 10.5. The van der Waals surface area contributed by atoms with Crippen LogP contribution in [0, 0.1) is 0 Å². The van der Waals surface area contributed by atoms with Crippen molar-refractivity contribution in [3.63, 3.8) is 0 Å². The molecular weight excluding hydrogens is 512 g/mol. The molecule has 1 aliphatic carbocycles. The van der Waals surface area contributed by atoms with Crippen LogP contribution in [0.5, 0.6) is 11.5 Å². The molecule has 1 saturated carbocycles. The molecule has 2 heterocycles. The number of ether oxygens (including phenoxy) is 3. The van der Waals surface area contributed by atoms with Crippen molar-refractivity contribution >= 4 is 14.1 Å². The predicted molar refractivity (Wildman–Crippen MR) is 126 cm³/mol. The van der Waals surface area contributed by atoms with Gasteiger partial charge in [-0.2, -0.15) is 0 Å². The molecule has 0 bridgehead atoms. The lowest BCUT2D eigenvalue weighted by molar-refractivity contribution is -0.170. The highest BCUT2D eigenvalue weighted by atomic mass is 31.1. The van der Waals surface area contributed by atoms with Gasteiger partial charge in [0.05, 0.1) is 0 Å². The number of aliphatic hydroxyl groups excluding tert-OH is 1. The number of rotatable bonds is 9. The summed E-state index contributed by atoms with van der Waals surface area (Å²) in [6.07, 6.45) is -0.862. The van der Waals surface area contributed by atoms with E-state index >= 15 is 4.39 Å². The van der Waals surface area contributed by atoms with E-state index in [0.29, 0.717) is 0 Å². The van der Waals surface area contributed by atoms with Crippen LogP contribution in [0.3, 0.4) is 0 Å². The number of alkyl halides is 1. The summed E-state index contributed by atoms with van der Waals surface area (Å²) in [5.41, 5.74) is -3.95. The molecule has 1 aromatic heterocycles. The quantitative estimate of drug-likeness (QED) is 0.353. The van der Waals surface area contributed by atoms with Gasteiger partial charge in [-0.05, 0) is 45.2 Å². The molecule has 0 amide bonds. The molecule has 200 valence electrons. The van der Waals surface area contributed by atoms with Gasteiger partial charge in [0.15, 0.2) is 23.7 Å². The Kier molecular flexibility index (Phi) is 8.08. The van der Waals surface area contributed by atoms with Gasteiger partial charge in [-0.25, -0.2) is 14.0 Å². The van der Waals surface area contributed by atoms with E-state index in [0.717, 1.165) is 43.0 Å². The summed E-state index contributed by atoms with van der Waals surface area (Å²) < 4.78 is 41.9. The Balaban J connectivity index is 1.41. The van der Waals surface area contributed by atoms with Crippen LogP contribution < -0.4 is 25.4 Å². The van der Waals surface area contributed by atoms with Gasteiger partial charge in [0.2, 0.25) is 5.75 Å². The SMILES string of the molecule is C[C@H](N=[P+]([O-])Oc1ccccc1OC[C@H]1O[C@@H](n2ccc(=O)[nH]c2=O)[C@](C)(F)[C@@H]1O)C(=O)OC1CCC1. The number of para-hydroxylation sites is 2. The third-order valence-electron chi connectivity index (χ3n) is 6.19. The summed E-state index contributed by atoms with van der Waals surface area (Å²) in [7, 11) is -2.66. The van der Waals surface area contributed by atoms with E-state index < -0.39 is 55.5 Å². The van der Waals surface area contributed by atoms with E-state index in [1.54, 1.807) is 12.1 Å². The minimum absolute atomic E-state index is 0.0378. The van der Waals surface area contributed by atoms with E-state index in [1.165, 1.54) is 19.1 Å². The van der Waals surface area contributed by atoms with Gasteiger partial charge in [-0.15, -0.1) is 0 Å². The molecule has 0 spiro atoms. The number of nitrogens with one attached hydrogen (secondary N) is 1. The maximum Gasteiger partial charge on any atom is 0.395 e. The summed E-state index contributed by atoms with van der Waals surface area (Å²) in [4.78, 5) is 49.9. The largest absolute Gasteiger partial charge is 0.575 e. The molecule has 1 aromatic carbocycles. The van der Waals surface area contributed by atoms with Crippen LogP contribution in [0.4, 0.5) is 4.39 Å². The molecule has 4 rings (SSSR count). The number of benzene rings is 1. The average molecular weight is 539 g/mol. The van der Waals surface area contributed by atoms with Crippen molar-refractivity contribution in [2.24, 2.45) is 4.74 Å². The van der Waals surface area contributed by atoms with Gasteiger partial charge in [-0.3, -0.25) is 18.9 Å². The van der Waals surface area contributed by atoms with Crippen LogP contribution in [0.15, 0.2) is 50.9 Å². The molecule has 2 fully saturated rings. The lowest BCUT2D eigenvalue weighted by Gasteiger charge is -2.25. The Hall–Kier alpha value is -3.12. The van der Waals surface area contributed by atoms with E-state index in [-0.39, 0.29) is 24.2 Å². The van der Waals surface area contributed by atoms with Crippen LogP contribution in [0.2, 0.25) is 0 Å². The van der Waals surface area contributed by atoms with E-state index in [1.807, 2.05) is 4.98 Å². The molecule has 14 heteroatoms. The zero-order valence-electron chi connectivity index (χ0n) is 20.1. The second-order valence-corrected chi connectivity index (χ2v) is 9.90. The van der Waals surface area contributed by atoms with Gasteiger partial charge in [-0.1, -0.05) is 16.9 Å². The predicted octanol–water partition coefficient (Wildman–Crippen LogP) is 1.32. The first kappa shape index (κ1) is 26.9. The Labute approximate surface area is 211 Å². The van der Waals surface area contributed by atoms with Gasteiger partial charge in [0.1, 0.15) is 24.9 Å². The van der Waals surface area contributed by atoms with E-state index in [2.05, 4.69) is 4.74 Å². The monoisotopic (exact) mass is 539 g/mol. The highest BCUT2D eigenvalue weighted by molar-refractivity contribution is 7.34. The highest BCUT2D eigenvalue weighted by Gasteiger charge is 2.55. The van der Waals surface area contributed by atoms with Crippen LogP contribution in [0.1, 0.15) is 39.3 Å². The minimum atomic E-state index is -2.66. The Morgan fingerprint density at radius 3 is 2.70 bits per heavy atom. The number of nitrogens with zero attached hydrogens (tertiary/aromatic N) is 2. The lowest BCUT2D eigenvalue weighted by atomic mass is 9.96. The van der Waals surface area contributed by atoms with Gasteiger partial charge in [0, 0.05) is 12.3 Å². The van der Waals surface area contributed by atoms with Crippen molar-refractivity contribution in [2.45, 2.75) is 69.4 Å². The summed E-state index contributed by atoms with van der Waals surface area (Å²) >= 11 is 0. The van der Waals surface area contributed by atoms with Crippen molar-refractivity contribution in [3.05, 3.63) is 57.4 Å². The number of esters is 1. The number of H-pyrrole nitrogens is 1. The third kappa shape index (κ3) is 6.07. The average Bonchev–Trinajstić information content (AvgIpc) is 3.04. The number of aromatic amines is 1. The molecule has 2 aromatic rings. The van der Waals surface area contributed by atoms with Crippen molar-refractivity contribution < 1.29 is 37.9 Å². The normalized spacial score (nSPS) is 26.8. The number of hydrogen-bond donors (Lipinski definition) is 2.